The van der Waals surface area contributed by atoms with E-state index in [2.05, 4.69) is 21.2 Å². The zero-order chi connectivity index (χ0) is 23.8. The number of hydrogen-bond acceptors (Lipinski definition) is 6. The van der Waals surface area contributed by atoms with Crippen molar-refractivity contribution in [1.82, 2.24) is 5.32 Å². The molecule has 2 aromatic carbocycles. The topological polar surface area (TPSA) is 90.9 Å². The standard InChI is InChI=1S/C24H30BrNO6S/c1-17-12-20(13-18(2)32-17)14-22(26-24(27)30-15-19-6-4-3-5-7-19)16-31-33(28,29)23-10-8-21(25)9-11-23/h3-11,17-18,20,22H,12-16H2,1-2H3,(H,26,27)/t17-,18+,20+,22-/m0/s1. The highest BCUT2D eigenvalue weighted by Gasteiger charge is 2.29. The molecule has 1 N–H and O–H groups in total. The Balaban J connectivity index is 1.63. The van der Waals surface area contributed by atoms with E-state index in [1.807, 2.05) is 44.2 Å². The number of hydrogen-bond donors (Lipinski definition) is 1. The van der Waals surface area contributed by atoms with E-state index in [0.717, 1.165) is 22.9 Å². The zero-order valence-corrected chi connectivity index (χ0v) is 21.2. The molecule has 180 valence electrons. The molecule has 33 heavy (non-hydrogen) atoms. The maximum Gasteiger partial charge on any atom is 0.407 e. The third-order valence-electron chi connectivity index (χ3n) is 5.47. The van der Waals surface area contributed by atoms with Gasteiger partial charge in [0.2, 0.25) is 0 Å². The summed E-state index contributed by atoms with van der Waals surface area (Å²) in [4.78, 5) is 12.5. The number of benzene rings is 2. The lowest BCUT2D eigenvalue weighted by atomic mass is 9.87. The van der Waals surface area contributed by atoms with Crippen molar-refractivity contribution in [3.63, 3.8) is 0 Å². The summed E-state index contributed by atoms with van der Waals surface area (Å²) < 4.78 is 42.5. The van der Waals surface area contributed by atoms with Crippen molar-refractivity contribution in [3.8, 4) is 0 Å². The minimum Gasteiger partial charge on any atom is -0.445 e. The van der Waals surface area contributed by atoms with E-state index in [-0.39, 0.29) is 36.2 Å². The van der Waals surface area contributed by atoms with Crippen LogP contribution < -0.4 is 5.32 Å². The Morgan fingerprint density at radius 3 is 2.36 bits per heavy atom. The van der Waals surface area contributed by atoms with Crippen LogP contribution in [0.3, 0.4) is 0 Å². The summed E-state index contributed by atoms with van der Waals surface area (Å²) in [7, 11) is -3.96. The van der Waals surface area contributed by atoms with Crippen molar-refractivity contribution in [2.24, 2.45) is 5.92 Å². The number of ether oxygens (including phenoxy) is 2. The summed E-state index contributed by atoms with van der Waals surface area (Å²) in [6, 6.07) is 15.0. The fraction of sp³-hybridized carbons (Fsp3) is 0.458. The van der Waals surface area contributed by atoms with Crippen molar-refractivity contribution in [3.05, 3.63) is 64.6 Å². The van der Waals surface area contributed by atoms with E-state index in [0.29, 0.717) is 6.42 Å². The number of amides is 1. The Morgan fingerprint density at radius 2 is 1.73 bits per heavy atom. The van der Waals surface area contributed by atoms with E-state index in [9.17, 15) is 13.2 Å². The van der Waals surface area contributed by atoms with E-state index in [4.69, 9.17) is 13.7 Å². The Kier molecular flexibility index (Phi) is 9.31. The third kappa shape index (κ3) is 8.41. The molecule has 1 amide bonds. The van der Waals surface area contributed by atoms with Crippen LogP contribution in [0.15, 0.2) is 64.0 Å². The summed E-state index contributed by atoms with van der Waals surface area (Å²) in [5.41, 5.74) is 0.866. The van der Waals surface area contributed by atoms with Gasteiger partial charge in [-0.25, -0.2) is 4.79 Å². The second-order valence-electron chi connectivity index (χ2n) is 8.43. The van der Waals surface area contributed by atoms with Gasteiger partial charge >= 0.3 is 6.09 Å². The van der Waals surface area contributed by atoms with Crippen molar-refractivity contribution >= 4 is 32.1 Å². The molecular weight excluding hydrogens is 510 g/mol. The summed E-state index contributed by atoms with van der Waals surface area (Å²) in [6.07, 6.45) is 1.84. The summed E-state index contributed by atoms with van der Waals surface area (Å²) in [6.45, 7) is 3.99. The highest BCUT2D eigenvalue weighted by molar-refractivity contribution is 9.10. The van der Waals surface area contributed by atoms with Crippen molar-refractivity contribution < 1.29 is 26.9 Å². The average Bonchev–Trinajstić information content (AvgIpc) is 2.76. The highest BCUT2D eigenvalue weighted by Crippen LogP contribution is 2.28. The van der Waals surface area contributed by atoms with Gasteiger partial charge in [-0.05, 0) is 68.9 Å². The van der Waals surface area contributed by atoms with Gasteiger partial charge in [0.25, 0.3) is 10.1 Å². The number of halogens is 1. The Morgan fingerprint density at radius 1 is 1.09 bits per heavy atom. The van der Waals surface area contributed by atoms with Gasteiger partial charge in [-0.3, -0.25) is 4.18 Å². The highest BCUT2D eigenvalue weighted by atomic mass is 79.9. The summed E-state index contributed by atoms with van der Waals surface area (Å²) in [5.74, 6) is 0.266. The molecule has 9 heteroatoms. The number of nitrogens with one attached hydrogen (secondary N) is 1. The number of carbonyl (C=O) groups excluding carboxylic acids is 1. The monoisotopic (exact) mass is 539 g/mol. The predicted molar refractivity (Wildman–Crippen MR) is 128 cm³/mol. The van der Waals surface area contributed by atoms with Gasteiger partial charge in [0.15, 0.2) is 0 Å². The largest absolute Gasteiger partial charge is 0.445 e. The van der Waals surface area contributed by atoms with E-state index in [1.165, 1.54) is 12.1 Å². The molecule has 0 bridgehead atoms. The molecule has 0 radical (unpaired) electrons. The maximum absolute atomic E-state index is 12.6. The quantitative estimate of drug-likeness (QED) is 0.448. The molecule has 0 aromatic heterocycles. The first-order valence-electron chi connectivity index (χ1n) is 11.0. The molecule has 1 aliphatic rings. The minimum absolute atomic E-state index is 0.0596. The SMILES string of the molecule is C[C@@H]1C[C@H](C[C@@H](COS(=O)(=O)c2ccc(Br)cc2)NC(=O)OCc2ccccc2)C[C@H](C)O1. The van der Waals surface area contributed by atoms with E-state index >= 15 is 0 Å². The van der Waals surface area contributed by atoms with Crippen molar-refractivity contribution in [1.29, 1.82) is 0 Å². The minimum atomic E-state index is -3.96. The molecule has 3 rings (SSSR count). The second-order valence-corrected chi connectivity index (χ2v) is 11.0. The number of carbonyl (C=O) groups is 1. The molecule has 1 saturated heterocycles. The Bertz CT molecular complexity index is 989. The third-order valence-corrected chi connectivity index (χ3v) is 7.30. The van der Waals surface area contributed by atoms with Gasteiger partial charge in [0.1, 0.15) is 6.61 Å². The van der Waals surface area contributed by atoms with Crippen LogP contribution in [-0.4, -0.2) is 39.4 Å². The van der Waals surface area contributed by atoms with Crippen molar-refractivity contribution in [2.45, 2.75) is 62.9 Å². The smallest absolute Gasteiger partial charge is 0.407 e. The first kappa shape index (κ1) is 25.7. The first-order valence-corrected chi connectivity index (χ1v) is 13.2. The fourth-order valence-electron chi connectivity index (χ4n) is 4.08. The van der Waals surface area contributed by atoms with Crippen LogP contribution in [0.25, 0.3) is 0 Å². The van der Waals surface area contributed by atoms with Gasteiger partial charge in [-0.1, -0.05) is 46.3 Å². The molecule has 1 heterocycles. The van der Waals surface area contributed by atoms with Crippen LogP contribution >= 0.6 is 15.9 Å². The normalized spacial score (nSPS) is 21.8. The Labute approximate surface area is 204 Å². The van der Waals surface area contributed by atoms with Crippen LogP contribution in [0, 0.1) is 5.92 Å². The Hall–Kier alpha value is -1.94. The van der Waals surface area contributed by atoms with E-state index < -0.39 is 22.3 Å². The average molecular weight is 540 g/mol. The van der Waals surface area contributed by atoms with Gasteiger partial charge in [-0.2, -0.15) is 8.42 Å². The molecule has 1 aliphatic heterocycles. The lowest BCUT2D eigenvalue weighted by Crippen LogP contribution is -2.42. The number of rotatable bonds is 9. The van der Waals surface area contributed by atoms with Gasteiger partial charge < -0.3 is 14.8 Å². The van der Waals surface area contributed by atoms with Gasteiger partial charge in [-0.15, -0.1) is 0 Å². The molecule has 4 atom stereocenters. The maximum atomic E-state index is 12.6. The van der Waals surface area contributed by atoms with Gasteiger partial charge in [0.05, 0.1) is 29.8 Å². The molecule has 7 nitrogen and oxygen atoms in total. The predicted octanol–water partition coefficient (Wildman–Crippen LogP) is 5.04. The van der Waals surface area contributed by atoms with Crippen LogP contribution in [0.1, 0.15) is 38.7 Å². The first-order chi connectivity index (χ1) is 15.7. The van der Waals surface area contributed by atoms with Gasteiger partial charge in [0, 0.05) is 4.47 Å². The molecule has 1 fully saturated rings. The van der Waals surface area contributed by atoms with Crippen LogP contribution in [-0.2, 0) is 30.4 Å². The molecule has 0 saturated carbocycles. The lowest BCUT2D eigenvalue weighted by Gasteiger charge is -2.34. The summed E-state index contributed by atoms with van der Waals surface area (Å²) in [5, 5.41) is 2.80. The van der Waals surface area contributed by atoms with Crippen LogP contribution in [0.5, 0.6) is 0 Å². The van der Waals surface area contributed by atoms with Crippen LogP contribution in [0.4, 0.5) is 4.79 Å². The molecular formula is C24H30BrNO6S. The molecule has 0 aliphatic carbocycles. The zero-order valence-electron chi connectivity index (χ0n) is 18.8. The second kappa shape index (κ2) is 12.0. The molecule has 0 spiro atoms. The number of alkyl carbamates (subject to hydrolysis) is 1. The molecule has 2 aromatic rings. The summed E-state index contributed by atoms with van der Waals surface area (Å²) >= 11 is 3.29. The fourth-order valence-corrected chi connectivity index (χ4v) is 5.29. The van der Waals surface area contributed by atoms with Crippen molar-refractivity contribution in [2.75, 3.05) is 6.61 Å². The lowest BCUT2D eigenvalue weighted by molar-refractivity contribution is -0.0554. The molecule has 0 unspecified atom stereocenters. The van der Waals surface area contributed by atoms with Crippen LogP contribution in [0.2, 0.25) is 0 Å². The van der Waals surface area contributed by atoms with E-state index in [1.54, 1.807) is 12.1 Å².